The van der Waals surface area contributed by atoms with Crippen LogP contribution in [0.25, 0.3) is 0 Å². The SMILES string of the molecule is COC(=O)c1cc2c(cc1OC)CCN1Cc3c(ccc(OC)c3OSC3=CCCC=C3)CC21. The van der Waals surface area contributed by atoms with Crippen molar-refractivity contribution < 1.29 is 23.2 Å². The van der Waals surface area contributed by atoms with Crippen molar-refractivity contribution >= 4 is 18.0 Å². The fourth-order valence-electron chi connectivity index (χ4n) is 5.06. The molecular formula is C27H29NO5S. The Balaban J connectivity index is 1.48. The largest absolute Gasteiger partial charge is 0.496 e. The van der Waals surface area contributed by atoms with Gasteiger partial charge in [-0.1, -0.05) is 18.2 Å². The van der Waals surface area contributed by atoms with Gasteiger partial charge in [0.25, 0.3) is 0 Å². The fraction of sp³-hybridized carbons (Fsp3) is 0.370. The molecule has 0 fully saturated rings. The number of benzene rings is 2. The first-order valence-corrected chi connectivity index (χ1v) is 12.3. The highest BCUT2D eigenvalue weighted by Gasteiger charge is 2.35. The molecule has 0 radical (unpaired) electrons. The van der Waals surface area contributed by atoms with Crippen molar-refractivity contribution in [1.29, 1.82) is 0 Å². The normalized spacial score (nSPS) is 18.8. The van der Waals surface area contributed by atoms with Gasteiger partial charge in [-0.05, 0) is 66.6 Å². The molecule has 178 valence electrons. The van der Waals surface area contributed by atoms with E-state index in [1.54, 1.807) is 14.2 Å². The second-order valence-corrected chi connectivity index (χ2v) is 9.48. The summed E-state index contributed by atoms with van der Waals surface area (Å²) in [6.07, 6.45) is 10.3. The molecule has 0 amide bonds. The summed E-state index contributed by atoms with van der Waals surface area (Å²) in [7, 11) is 4.67. The molecule has 2 aromatic rings. The fourth-order valence-corrected chi connectivity index (χ4v) is 5.76. The lowest BCUT2D eigenvalue weighted by molar-refractivity contribution is 0.0596. The van der Waals surface area contributed by atoms with E-state index in [9.17, 15) is 4.79 Å². The maximum absolute atomic E-state index is 12.4. The van der Waals surface area contributed by atoms with Crippen LogP contribution in [0.4, 0.5) is 0 Å². The van der Waals surface area contributed by atoms with Gasteiger partial charge >= 0.3 is 5.97 Å². The smallest absolute Gasteiger partial charge is 0.341 e. The highest BCUT2D eigenvalue weighted by Crippen LogP contribution is 2.46. The van der Waals surface area contributed by atoms with Gasteiger partial charge in [-0.25, -0.2) is 4.79 Å². The number of fused-ring (bicyclic) bond motifs is 4. The molecule has 34 heavy (non-hydrogen) atoms. The lowest BCUT2D eigenvalue weighted by Gasteiger charge is -2.42. The number of hydrogen-bond donors (Lipinski definition) is 0. The van der Waals surface area contributed by atoms with E-state index in [1.807, 2.05) is 18.2 Å². The zero-order valence-electron chi connectivity index (χ0n) is 19.8. The van der Waals surface area contributed by atoms with Crippen LogP contribution < -0.4 is 13.7 Å². The number of rotatable bonds is 6. The van der Waals surface area contributed by atoms with Crippen LogP contribution in [0.2, 0.25) is 0 Å². The molecule has 2 aromatic carbocycles. The van der Waals surface area contributed by atoms with Crippen molar-refractivity contribution in [3.05, 3.63) is 75.2 Å². The Labute approximate surface area is 204 Å². The molecule has 0 saturated carbocycles. The molecule has 1 unspecified atom stereocenters. The van der Waals surface area contributed by atoms with Crippen LogP contribution in [-0.2, 0) is 24.1 Å². The van der Waals surface area contributed by atoms with E-state index in [4.69, 9.17) is 18.4 Å². The van der Waals surface area contributed by atoms with Crippen LogP contribution in [0.15, 0.2) is 47.4 Å². The third kappa shape index (κ3) is 4.18. The predicted octanol–water partition coefficient (Wildman–Crippen LogP) is 5.41. The Bertz CT molecular complexity index is 1170. The van der Waals surface area contributed by atoms with Crippen molar-refractivity contribution in [2.45, 2.75) is 38.3 Å². The summed E-state index contributed by atoms with van der Waals surface area (Å²) in [5.74, 6) is 1.74. The lowest BCUT2D eigenvalue weighted by Crippen LogP contribution is -2.39. The van der Waals surface area contributed by atoms with E-state index in [-0.39, 0.29) is 12.0 Å². The van der Waals surface area contributed by atoms with Gasteiger partial charge < -0.3 is 18.4 Å². The van der Waals surface area contributed by atoms with Crippen LogP contribution in [0.3, 0.4) is 0 Å². The average Bonchev–Trinajstić information content (AvgIpc) is 2.89. The number of allylic oxidation sites excluding steroid dienone is 3. The Morgan fingerprint density at radius 3 is 2.65 bits per heavy atom. The van der Waals surface area contributed by atoms with Gasteiger partial charge in [0, 0.05) is 29.6 Å². The number of nitrogens with zero attached hydrogens (tertiary/aromatic N) is 1. The molecule has 2 heterocycles. The molecule has 0 N–H and O–H groups in total. The number of ether oxygens (including phenoxy) is 3. The molecule has 3 aliphatic rings. The monoisotopic (exact) mass is 479 g/mol. The van der Waals surface area contributed by atoms with Gasteiger partial charge in [0.1, 0.15) is 11.3 Å². The summed E-state index contributed by atoms with van der Waals surface area (Å²) in [6, 6.07) is 8.28. The van der Waals surface area contributed by atoms with Crippen LogP contribution >= 0.6 is 12.0 Å². The van der Waals surface area contributed by atoms with Crippen LogP contribution in [0, 0.1) is 0 Å². The first kappa shape index (κ1) is 22.9. The zero-order chi connectivity index (χ0) is 23.7. The van der Waals surface area contributed by atoms with Gasteiger partial charge in [0.2, 0.25) is 0 Å². The van der Waals surface area contributed by atoms with E-state index < -0.39 is 0 Å². The van der Waals surface area contributed by atoms with Gasteiger partial charge in [0.15, 0.2) is 11.5 Å². The topological polar surface area (TPSA) is 57.2 Å². The quantitative estimate of drug-likeness (QED) is 0.406. The minimum Gasteiger partial charge on any atom is -0.496 e. The third-order valence-corrected chi connectivity index (χ3v) is 7.58. The minimum atomic E-state index is -0.378. The highest BCUT2D eigenvalue weighted by atomic mass is 32.2. The number of esters is 1. The molecule has 0 spiro atoms. The zero-order valence-corrected chi connectivity index (χ0v) is 20.6. The van der Waals surface area contributed by atoms with Gasteiger partial charge in [-0.15, -0.1) is 0 Å². The molecule has 0 saturated heterocycles. The summed E-state index contributed by atoms with van der Waals surface area (Å²) in [5, 5.41) is 0. The molecule has 2 aliphatic heterocycles. The minimum absolute atomic E-state index is 0.184. The van der Waals surface area contributed by atoms with Crippen LogP contribution in [-0.4, -0.2) is 38.7 Å². The summed E-state index contributed by atoms with van der Waals surface area (Å²) in [5.41, 5.74) is 5.29. The number of hydrogen-bond acceptors (Lipinski definition) is 7. The molecule has 0 bridgehead atoms. The van der Waals surface area contributed by atoms with Crippen molar-refractivity contribution in [3.8, 4) is 17.2 Å². The van der Waals surface area contributed by atoms with Crippen molar-refractivity contribution in [2.24, 2.45) is 0 Å². The number of carbonyl (C=O) groups is 1. The average molecular weight is 480 g/mol. The Morgan fingerprint density at radius 2 is 1.91 bits per heavy atom. The van der Waals surface area contributed by atoms with Crippen molar-refractivity contribution in [1.82, 2.24) is 4.90 Å². The number of methoxy groups -OCH3 is 3. The first-order chi connectivity index (χ1) is 16.6. The lowest BCUT2D eigenvalue weighted by atomic mass is 9.83. The van der Waals surface area contributed by atoms with Crippen molar-refractivity contribution in [2.75, 3.05) is 27.9 Å². The molecule has 6 nitrogen and oxygen atoms in total. The Hall–Kier alpha value is -2.90. The van der Waals surface area contributed by atoms with E-state index in [0.29, 0.717) is 11.3 Å². The summed E-state index contributed by atoms with van der Waals surface area (Å²) in [4.78, 5) is 16.0. The van der Waals surface area contributed by atoms with Gasteiger partial charge in [0.05, 0.1) is 33.4 Å². The second kappa shape index (κ2) is 9.76. The number of carbonyl (C=O) groups excluding carboxylic acids is 1. The van der Waals surface area contributed by atoms with E-state index in [0.717, 1.165) is 55.2 Å². The predicted molar refractivity (Wildman–Crippen MR) is 133 cm³/mol. The van der Waals surface area contributed by atoms with Crippen molar-refractivity contribution in [3.63, 3.8) is 0 Å². The Kier molecular flexibility index (Phi) is 6.57. The standard InChI is InChI=1S/C27H29NO5S/c1-30-24-10-9-17-13-23-20-15-21(27(29)32-3)25(31-2)14-18(20)11-12-28(23)16-22(17)26(24)33-34-19-7-5-4-6-8-19/h5,7-10,14-15,23H,4,6,11-13,16H2,1-3H3. The first-order valence-electron chi connectivity index (χ1n) is 11.6. The Morgan fingerprint density at radius 1 is 1.06 bits per heavy atom. The van der Waals surface area contributed by atoms with E-state index >= 15 is 0 Å². The summed E-state index contributed by atoms with van der Waals surface area (Å²) >= 11 is 1.39. The molecular weight excluding hydrogens is 450 g/mol. The molecule has 1 aliphatic carbocycles. The maximum Gasteiger partial charge on any atom is 0.341 e. The third-order valence-electron chi connectivity index (χ3n) is 6.83. The molecule has 5 rings (SSSR count). The summed E-state index contributed by atoms with van der Waals surface area (Å²) < 4.78 is 22.4. The second-order valence-electron chi connectivity index (χ2n) is 8.67. The highest BCUT2D eigenvalue weighted by molar-refractivity contribution is 7.99. The van der Waals surface area contributed by atoms with E-state index in [2.05, 4.69) is 29.2 Å². The van der Waals surface area contributed by atoms with Gasteiger partial charge in [-0.2, -0.15) is 0 Å². The van der Waals surface area contributed by atoms with E-state index in [1.165, 1.54) is 41.4 Å². The maximum atomic E-state index is 12.4. The molecule has 1 atom stereocenters. The van der Waals surface area contributed by atoms with Crippen LogP contribution in [0.5, 0.6) is 17.2 Å². The molecule has 0 aromatic heterocycles. The summed E-state index contributed by atoms with van der Waals surface area (Å²) in [6.45, 7) is 1.69. The molecule has 7 heteroatoms. The van der Waals surface area contributed by atoms with Crippen LogP contribution in [0.1, 0.15) is 51.5 Å². The van der Waals surface area contributed by atoms with Gasteiger partial charge in [-0.3, -0.25) is 4.90 Å².